The second-order valence-electron chi connectivity index (χ2n) is 6.13. The Morgan fingerprint density at radius 3 is 1.95 bits per heavy atom. The second-order valence-corrected chi connectivity index (χ2v) is 6.13. The number of pyridine rings is 1. The molecule has 0 aliphatic rings. The van der Waals surface area contributed by atoms with Gasteiger partial charge in [-0.2, -0.15) is 0 Å². The average Bonchev–Trinajstić information content (AvgIpc) is 2.50. The number of nitrogens with zero attached hydrogens (tertiary/aromatic N) is 1. The Bertz CT molecular complexity index is 313. The van der Waals surface area contributed by atoms with Crippen LogP contribution in [-0.4, -0.2) is 4.98 Å². The van der Waals surface area contributed by atoms with Crippen molar-refractivity contribution in [1.82, 2.24) is 4.98 Å². The third-order valence-corrected chi connectivity index (χ3v) is 4.18. The van der Waals surface area contributed by atoms with Crippen LogP contribution in [0.25, 0.3) is 0 Å². The smallest absolute Gasteiger partial charge is 0.0431 e. The molecule has 21 heavy (non-hydrogen) atoms. The molecule has 0 aromatic carbocycles. The van der Waals surface area contributed by atoms with E-state index in [1.807, 2.05) is 12.3 Å². The Kier molecular flexibility index (Phi) is 13.4. The number of aromatic nitrogens is 1. The van der Waals surface area contributed by atoms with Gasteiger partial charge < -0.3 is 0 Å². The summed E-state index contributed by atoms with van der Waals surface area (Å²) in [6.45, 7) is 4.59. The molecule has 0 amide bonds. The zero-order valence-corrected chi connectivity index (χ0v) is 14.0. The van der Waals surface area contributed by atoms with E-state index in [0.29, 0.717) is 5.92 Å². The molecule has 0 aliphatic carbocycles. The van der Waals surface area contributed by atoms with Gasteiger partial charge in [-0.3, -0.25) is 9.69 Å². The summed E-state index contributed by atoms with van der Waals surface area (Å²) in [6.07, 6.45) is 17.4. The van der Waals surface area contributed by atoms with Gasteiger partial charge in [0.15, 0.2) is 0 Å². The Labute approximate surface area is 130 Å². The number of unbranched alkanes of at least 4 members (excludes halogenated alkanes) is 9. The molecule has 1 rings (SSSR count). The maximum Gasteiger partial charge on any atom is 0.0431 e. The first-order chi connectivity index (χ1) is 9.84. The Morgan fingerprint density at radius 1 is 0.857 bits per heavy atom. The lowest BCUT2D eigenvalue weighted by molar-refractivity contribution is 0.532. The molecule has 0 fully saturated rings. The largest absolute Gasteiger partial charge is 0.269 e. The lowest BCUT2D eigenvalue weighted by Crippen LogP contribution is -1.96. The van der Waals surface area contributed by atoms with Crippen LogP contribution in [0, 0.1) is 0 Å². The van der Waals surface area contributed by atoms with E-state index in [2.05, 4.69) is 31.0 Å². The van der Waals surface area contributed by atoms with E-state index >= 15 is 0 Å². The molecule has 0 saturated heterocycles. The first-order valence-electron chi connectivity index (χ1n) is 8.75. The molecule has 0 radical (unpaired) electrons. The second kappa shape index (κ2) is 14.0. The van der Waals surface area contributed by atoms with Gasteiger partial charge in [-0.1, -0.05) is 84.1 Å². The normalized spacial score (nSPS) is 11.9. The van der Waals surface area contributed by atoms with Gasteiger partial charge >= 0.3 is 0 Å². The quantitative estimate of drug-likeness (QED) is 0.393. The van der Waals surface area contributed by atoms with Gasteiger partial charge in [0.05, 0.1) is 0 Å². The van der Waals surface area contributed by atoms with Crippen LogP contribution in [0.1, 0.15) is 96.1 Å². The zero-order chi connectivity index (χ0) is 14.5. The molecular formula is C19H34FN. The molecule has 1 nitrogen and oxygen atoms in total. The molecule has 0 aliphatic heterocycles. The van der Waals surface area contributed by atoms with Crippen LogP contribution in [0.2, 0.25) is 0 Å². The van der Waals surface area contributed by atoms with Crippen molar-refractivity contribution < 1.29 is 4.70 Å². The summed E-state index contributed by atoms with van der Waals surface area (Å²) in [4.78, 5) is 4.44. The van der Waals surface area contributed by atoms with Crippen molar-refractivity contribution in [1.29, 1.82) is 0 Å². The fraction of sp³-hybridized carbons (Fsp3) is 0.737. The molecule has 2 heteroatoms. The zero-order valence-electron chi connectivity index (χ0n) is 14.0. The molecule has 0 bridgehead atoms. The average molecular weight is 295 g/mol. The van der Waals surface area contributed by atoms with Crippen LogP contribution < -0.4 is 0 Å². The highest BCUT2D eigenvalue weighted by Crippen LogP contribution is 2.20. The van der Waals surface area contributed by atoms with E-state index in [-0.39, 0.29) is 4.70 Å². The molecule has 0 spiro atoms. The van der Waals surface area contributed by atoms with Crippen molar-refractivity contribution in [3.8, 4) is 0 Å². The monoisotopic (exact) mass is 295 g/mol. The van der Waals surface area contributed by atoms with Crippen molar-refractivity contribution in [3.05, 3.63) is 30.1 Å². The third kappa shape index (κ3) is 10.4. The van der Waals surface area contributed by atoms with Crippen molar-refractivity contribution in [2.24, 2.45) is 0 Å². The predicted octanol–water partition coefficient (Wildman–Crippen LogP) is 6.65. The van der Waals surface area contributed by atoms with Gasteiger partial charge in [0.2, 0.25) is 0 Å². The molecule has 1 unspecified atom stereocenters. The number of hydrogen-bond donors (Lipinski definition) is 0. The summed E-state index contributed by atoms with van der Waals surface area (Å²) in [6, 6.07) is 6.25. The molecule has 0 saturated carbocycles. The standard InChI is InChI=1S/C19H33N.FH/c1-3-4-5-6-7-8-9-10-11-12-15-18(2)19-16-13-14-17-20-19;/h13-14,16-18H,3-12,15H2,1-2H3;1H. The van der Waals surface area contributed by atoms with E-state index in [1.165, 1.54) is 76.3 Å². The maximum atomic E-state index is 4.44. The van der Waals surface area contributed by atoms with Crippen LogP contribution in [0.15, 0.2) is 24.4 Å². The van der Waals surface area contributed by atoms with E-state index in [9.17, 15) is 0 Å². The molecule has 0 N–H and O–H groups in total. The van der Waals surface area contributed by atoms with E-state index in [4.69, 9.17) is 0 Å². The van der Waals surface area contributed by atoms with Crippen molar-refractivity contribution in [3.63, 3.8) is 0 Å². The van der Waals surface area contributed by atoms with Gasteiger partial charge in [-0.15, -0.1) is 0 Å². The summed E-state index contributed by atoms with van der Waals surface area (Å²) in [5.41, 5.74) is 1.25. The van der Waals surface area contributed by atoms with E-state index < -0.39 is 0 Å². The molecule has 1 heterocycles. The first kappa shape index (κ1) is 20.1. The Morgan fingerprint density at radius 2 is 1.43 bits per heavy atom. The molecule has 1 aromatic rings. The van der Waals surface area contributed by atoms with Gasteiger partial charge in [-0.05, 0) is 24.5 Å². The number of rotatable bonds is 12. The Hall–Kier alpha value is -0.920. The Balaban J connectivity index is 0.00000400. The topological polar surface area (TPSA) is 12.9 Å². The first-order valence-corrected chi connectivity index (χ1v) is 8.75. The van der Waals surface area contributed by atoms with Crippen molar-refractivity contribution in [2.45, 2.75) is 90.4 Å². The SMILES string of the molecule is CCCCCCCCCCCCC(C)c1ccccn1.F. The van der Waals surface area contributed by atoms with Crippen LogP contribution in [0.4, 0.5) is 4.70 Å². The van der Waals surface area contributed by atoms with Crippen molar-refractivity contribution >= 4 is 0 Å². The van der Waals surface area contributed by atoms with E-state index in [0.717, 1.165) is 0 Å². The minimum absolute atomic E-state index is 0. The minimum atomic E-state index is 0. The highest BCUT2D eigenvalue weighted by molar-refractivity contribution is 5.07. The van der Waals surface area contributed by atoms with Gasteiger partial charge in [0.25, 0.3) is 0 Å². The van der Waals surface area contributed by atoms with Crippen LogP contribution in [0.3, 0.4) is 0 Å². The molecule has 1 aromatic heterocycles. The summed E-state index contributed by atoms with van der Waals surface area (Å²) < 4.78 is 0. The fourth-order valence-electron chi connectivity index (χ4n) is 2.75. The summed E-state index contributed by atoms with van der Waals surface area (Å²) in [5.74, 6) is 0.616. The van der Waals surface area contributed by atoms with Gasteiger partial charge in [0.1, 0.15) is 0 Å². The van der Waals surface area contributed by atoms with Crippen molar-refractivity contribution in [2.75, 3.05) is 0 Å². The third-order valence-electron chi connectivity index (χ3n) is 4.18. The highest BCUT2D eigenvalue weighted by atomic mass is 19.0. The van der Waals surface area contributed by atoms with Crippen LogP contribution in [-0.2, 0) is 0 Å². The van der Waals surface area contributed by atoms with Gasteiger partial charge in [-0.25, -0.2) is 0 Å². The lowest BCUT2D eigenvalue weighted by Gasteiger charge is -2.10. The fourth-order valence-corrected chi connectivity index (χ4v) is 2.75. The van der Waals surface area contributed by atoms with Crippen LogP contribution >= 0.6 is 0 Å². The maximum absolute atomic E-state index is 4.44. The number of hydrogen-bond acceptors (Lipinski definition) is 1. The molecular weight excluding hydrogens is 261 g/mol. The van der Waals surface area contributed by atoms with Gasteiger partial charge in [0, 0.05) is 11.9 Å². The summed E-state index contributed by atoms with van der Waals surface area (Å²) in [5, 5.41) is 0. The predicted molar refractivity (Wildman–Crippen MR) is 91.6 cm³/mol. The molecule has 1 atom stereocenters. The molecule has 122 valence electrons. The summed E-state index contributed by atoms with van der Waals surface area (Å²) >= 11 is 0. The summed E-state index contributed by atoms with van der Waals surface area (Å²) in [7, 11) is 0. The van der Waals surface area contributed by atoms with Crippen LogP contribution in [0.5, 0.6) is 0 Å². The highest BCUT2D eigenvalue weighted by Gasteiger charge is 2.05. The minimum Gasteiger partial charge on any atom is -0.269 e. The number of halogens is 1. The lowest BCUT2D eigenvalue weighted by atomic mass is 9.98. The van der Waals surface area contributed by atoms with E-state index in [1.54, 1.807) is 0 Å².